The Bertz CT molecular complexity index is 1370. The Balaban J connectivity index is 1.45. The monoisotopic (exact) mass is 554 g/mol. The van der Waals surface area contributed by atoms with E-state index in [0.29, 0.717) is 17.9 Å². The summed E-state index contributed by atoms with van der Waals surface area (Å²) in [6, 6.07) is -4.04. The number of fused-ring (bicyclic) bond motifs is 3. The molecule has 16 heteroatoms. The van der Waals surface area contributed by atoms with Crippen LogP contribution in [0.3, 0.4) is 0 Å². The molecule has 6 rings (SSSR count). The van der Waals surface area contributed by atoms with Crippen LogP contribution in [0.4, 0.5) is 9.59 Å². The Labute approximate surface area is 230 Å². The van der Waals surface area contributed by atoms with E-state index in [9.17, 15) is 19.2 Å². The molecule has 0 aromatic carbocycles. The van der Waals surface area contributed by atoms with Crippen molar-refractivity contribution in [2.24, 2.45) is 21.5 Å². The highest BCUT2D eigenvalue weighted by molar-refractivity contribution is 6.03. The Morgan fingerprint density at radius 2 is 1.27 bits per heavy atom. The van der Waals surface area contributed by atoms with Crippen molar-refractivity contribution >= 4 is 35.5 Å². The van der Waals surface area contributed by atoms with Crippen LogP contribution in [0.2, 0.25) is 0 Å². The molecule has 5 aliphatic rings. The number of likely N-dealkylation sites (N-methyl/N-ethyl adjacent to an activating group) is 4. The van der Waals surface area contributed by atoms with Gasteiger partial charge in [0.15, 0.2) is 12.3 Å². The highest BCUT2D eigenvalue weighted by Gasteiger charge is 2.51. The fraction of sp³-hybridized carbons (Fsp3) is 0.625. The number of carbonyl (C=O) groups excluding carboxylic acids is 4. The van der Waals surface area contributed by atoms with Crippen LogP contribution in [0, 0.1) is 0 Å². The average Bonchev–Trinajstić information content (AvgIpc) is 3.13. The maximum Gasteiger partial charge on any atom is 0.327 e. The highest BCUT2D eigenvalue weighted by Crippen LogP contribution is 2.34. The zero-order valence-electron chi connectivity index (χ0n) is 22.9. The molecule has 5 aliphatic heterocycles. The number of carbonyl (C=O) groups is 4. The molecule has 6 N–H and O–H groups in total. The number of nitrogens with zero attached hydrogens (tertiary/aromatic N) is 8. The molecule has 2 saturated heterocycles. The summed E-state index contributed by atoms with van der Waals surface area (Å²) in [5, 5.41) is 6.65. The minimum atomic E-state index is -0.831. The molecule has 0 saturated carbocycles. The number of nitrogens with two attached hydrogens (primary N) is 2. The lowest BCUT2D eigenvalue weighted by Crippen LogP contribution is -2.69. The largest absolute Gasteiger partial charge is 0.386 e. The number of hydrogen-bond acceptors (Lipinski definition) is 11. The number of urea groups is 2. The van der Waals surface area contributed by atoms with Crippen molar-refractivity contribution in [2.75, 3.05) is 28.2 Å². The molecule has 0 bridgehead atoms. The van der Waals surface area contributed by atoms with Crippen LogP contribution in [0.15, 0.2) is 9.98 Å². The van der Waals surface area contributed by atoms with E-state index in [1.54, 1.807) is 14.1 Å². The lowest BCUT2D eigenvalue weighted by Gasteiger charge is -2.45. The predicted octanol–water partition coefficient (Wildman–Crippen LogP) is -1.95. The van der Waals surface area contributed by atoms with Crippen LogP contribution < -0.4 is 22.1 Å². The summed E-state index contributed by atoms with van der Waals surface area (Å²) in [6.07, 6.45) is 2.08. The third-order valence-electron chi connectivity index (χ3n) is 8.55. The van der Waals surface area contributed by atoms with Crippen molar-refractivity contribution in [3.8, 4) is 0 Å². The molecule has 0 aliphatic carbocycles. The normalized spacial score (nSPS) is 32.8. The standard InChI is InChI=1S/C24H34N12O4/c1-32-19-14(21(37)34(3)23(32)39)28-12(17(25)30-19)11-16(36-9-7-5-6-8-10(36)27-11)13-18(26)31-20-15(29-13)22(38)35(4)24(40)33(20)2/h12-15,19-20,28-29H,5-9H2,1-4H3,(H2,25,30)(H2,26,31). The third-order valence-corrected chi connectivity index (χ3v) is 8.55. The summed E-state index contributed by atoms with van der Waals surface area (Å²) < 4.78 is 2.10. The van der Waals surface area contributed by atoms with Crippen molar-refractivity contribution in [3.63, 3.8) is 0 Å². The second kappa shape index (κ2) is 9.26. The van der Waals surface area contributed by atoms with Crippen molar-refractivity contribution in [2.45, 2.75) is 68.7 Å². The van der Waals surface area contributed by atoms with Crippen LogP contribution in [-0.2, 0) is 22.6 Å². The van der Waals surface area contributed by atoms with Gasteiger partial charge in [0.2, 0.25) is 0 Å². The van der Waals surface area contributed by atoms with Gasteiger partial charge in [0.1, 0.15) is 41.7 Å². The fourth-order valence-electron chi connectivity index (χ4n) is 6.29. The van der Waals surface area contributed by atoms with Gasteiger partial charge in [0.25, 0.3) is 11.8 Å². The number of aryl methyl sites for hydroxylation is 1. The van der Waals surface area contributed by atoms with Crippen LogP contribution in [0.5, 0.6) is 0 Å². The second-order valence-electron chi connectivity index (χ2n) is 10.9. The van der Waals surface area contributed by atoms with Crippen molar-refractivity contribution < 1.29 is 19.2 Å². The Hall–Kier alpha value is -4.05. The lowest BCUT2D eigenvalue weighted by molar-refractivity contribution is -0.135. The van der Waals surface area contributed by atoms with Crippen LogP contribution in [0.1, 0.15) is 48.6 Å². The maximum atomic E-state index is 13.2. The van der Waals surface area contributed by atoms with Gasteiger partial charge in [-0.2, -0.15) is 0 Å². The second-order valence-corrected chi connectivity index (χ2v) is 10.9. The Kier molecular flexibility index (Phi) is 6.06. The number of rotatable bonds is 2. The molecule has 1 aromatic rings. The molecular weight excluding hydrogens is 520 g/mol. The van der Waals surface area contributed by atoms with Crippen LogP contribution >= 0.6 is 0 Å². The molecule has 214 valence electrons. The van der Waals surface area contributed by atoms with E-state index in [2.05, 4.69) is 25.2 Å². The van der Waals surface area contributed by atoms with Crippen molar-refractivity contribution in [1.82, 2.24) is 39.8 Å². The molecule has 40 heavy (non-hydrogen) atoms. The molecule has 6 amide bonds. The number of hydrogen-bond donors (Lipinski definition) is 4. The quantitative estimate of drug-likeness (QED) is 0.321. The van der Waals surface area contributed by atoms with E-state index >= 15 is 0 Å². The smallest absolute Gasteiger partial charge is 0.327 e. The molecule has 1 aromatic heterocycles. The van der Waals surface area contributed by atoms with Crippen LogP contribution in [0.25, 0.3) is 0 Å². The number of amidine groups is 2. The van der Waals surface area contributed by atoms with E-state index in [1.807, 2.05) is 0 Å². The first-order valence-electron chi connectivity index (χ1n) is 13.4. The van der Waals surface area contributed by atoms with E-state index in [-0.39, 0.29) is 11.7 Å². The summed E-state index contributed by atoms with van der Waals surface area (Å²) in [7, 11) is 6.02. The predicted molar refractivity (Wildman–Crippen MR) is 142 cm³/mol. The van der Waals surface area contributed by atoms with Crippen LogP contribution in [-0.4, -0.2) is 117 Å². The van der Waals surface area contributed by atoms with E-state index in [0.717, 1.165) is 41.3 Å². The first kappa shape index (κ1) is 26.2. The number of aromatic nitrogens is 2. The first-order valence-corrected chi connectivity index (χ1v) is 13.4. The number of nitrogens with one attached hydrogen (secondary N) is 2. The fourth-order valence-corrected chi connectivity index (χ4v) is 6.29. The average molecular weight is 555 g/mol. The summed E-state index contributed by atoms with van der Waals surface area (Å²) >= 11 is 0. The SMILES string of the molecule is CN1C(=O)C2NC(c3nc4n(c3C3NC5C(=O)N(C)C(=O)N(C)C5N=C3N)CCCCC4)C(N)=NC2N(C)C1=O. The van der Waals surface area contributed by atoms with Gasteiger partial charge in [-0.3, -0.25) is 30.0 Å². The maximum absolute atomic E-state index is 13.2. The summed E-state index contributed by atoms with van der Waals surface area (Å²) in [4.78, 5) is 70.4. The molecular formula is C24H34N12O4. The zero-order chi connectivity index (χ0) is 28.6. The minimum Gasteiger partial charge on any atom is -0.386 e. The van der Waals surface area contributed by atoms with Crippen molar-refractivity contribution in [1.29, 1.82) is 0 Å². The summed E-state index contributed by atoms with van der Waals surface area (Å²) in [5.74, 6) is 0.398. The molecule has 6 heterocycles. The zero-order valence-corrected chi connectivity index (χ0v) is 22.9. The number of imidazole rings is 1. The van der Waals surface area contributed by atoms with E-state index in [1.165, 1.54) is 23.9 Å². The summed E-state index contributed by atoms with van der Waals surface area (Å²) in [5.41, 5.74) is 14.3. The van der Waals surface area contributed by atoms with Gasteiger partial charge in [0.05, 0.1) is 11.4 Å². The third kappa shape index (κ3) is 3.69. The first-order chi connectivity index (χ1) is 19.0. The minimum absolute atomic E-state index is 0.177. The van der Waals surface area contributed by atoms with Gasteiger partial charge in [-0.05, 0) is 12.8 Å². The number of amides is 6. The van der Waals surface area contributed by atoms with Gasteiger partial charge in [-0.1, -0.05) is 6.42 Å². The topological polar surface area (TPSA) is 200 Å². The molecule has 2 fully saturated rings. The van der Waals surface area contributed by atoms with Crippen molar-refractivity contribution in [3.05, 3.63) is 17.2 Å². The van der Waals surface area contributed by atoms with Gasteiger partial charge in [-0.25, -0.2) is 24.6 Å². The van der Waals surface area contributed by atoms with Gasteiger partial charge < -0.3 is 25.8 Å². The lowest BCUT2D eigenvalue weighted by atomic mass is 9.97. The molecule has 6 atom stereocenters. The molecule has 0 spiro atoms. The molecule has 0 radical (unpaired) electrons. The number of imide groups is 2. The Morgan fingerprint density at radius 3 is 1.85 bits per heavy atom. The number of aliphatic imine (C=N–C) groups is 2. The van der Waals surface area contributed by atoms with Gasteiger partial charge in [-0.15, -0.1) is 0 Å². The van der Waals surface area contributed by atoms with E-state index < -0.39 is 60.4 Å². The van der Waals surface area contributed by atoms with E-state index in [4.69, 9.17) is 16.5 Å². The molecule has 16 nitrogen and oxygen atoms in total. The van der Waals surface area contributed by atoms with Gasteiger partial charge in [0, 0.05) is 41.2 Å². The summed E-state index contributed by atoms with van der Waals surface area (Å²) in [6.45, 7) is 0.679. The van der Waals surface area contributed by atoms with Gasteiger partial charge >= 0.3 is 12.1 Å². The highest BCUT2D eigenvalue weighted by atomic mass is 16.2. The Morgan fingerprint density at radius 1 is 0.750 bits per heavy atom. The molecule has 6 unspecified atom stereocenters.